The van der Waals surface area contributed by atoms with Crippen LogP contribution in [0.15, 0.2) is 54.7 Å². The summed E-state index contributed by atoms with van der Waals surface area (Å²) in [5, 5.41) is 9.28. The molecule has 0 spiro atoms. The van der Waals surface area contributed by atoms with Crippen LogP contribution in [0.3, 0.4) is 0 Å². The molecule has 0 saturated carbocycles. The molecule has 0 atom stereocenters. The summed E-state index contributed by atoms with van der Waals surface area (Å²) in [6.45, 7) is 0. The van der Waals surface area contributed by atoms with E-state index >= 15 is 0 Å². The molecule has 138 valence electrons. The normalized spacial score (nSPS) is 10.8. The van der Waals surface area contributed by atoms with E-state index in [0.717, 1.165) is 22.4 Å². The van der Waals surface area contributed by atoms with E-state index in [9.17, 15) is 10.1 Å². The van der Waals surface area contributed by atoms with Crippen LogP contribution in [0.4, 0.5) is 5.69 Å². The number of hydrogen-bond donors (Lipinski definition) is 1. The average Bonchev–Trinajstić information content (AvgIpc) is 3.24. The molecule has 0 radical (unpaired) electrons. The number of nitrogen functional groups attached to an aromatic ring is 1. The lowest BCUT2D eigenvalue weighted by atomic mass is 10.2. The molecule has 7 nitrogen and oxygen atoms in total. The Kier molecular flexibility index (Phi) is 4.09. The first-order valence-electron chi connectivity index (χ1n) is 8.56. The second-order valence-corrected chi connectivity index (χ2v) is 6.31. The highest BCUT2D eigenvalue weighted by Gasteiger charge is 2.22. The van der Waals surface area contributed by atoms with E-state index < -0.39 is 5.97 Å². The van der Waals surface area contributed by atoms with Crippen LogP contribution >= 0.6 is 0 Å². The topological polar surface area (TPSA) is 98.9 Å². The Balaban J connectivity index is 1.90. The Morgan fingerprint density at radius 3 is 2.64 bits per heavy atom. The van der Waals surface area contributed by atoms with Gasteiger partial charge in [0.15, 0.2) is 5.69 Å². The Labute approximate surface area is 161 Å². The Morgan fingerprint density at radius 2 is 1.96 bits per heavy atom. The largest absolute Gasteiger partial charge is 0.464 e. The Morgan fingerprint density at radius 1 is 1.21 bits per heavy atom. The molecule has 0 amide bonds. The van der Waals surface area contributed by atoms with Gasteiger partial charge in [-0.25, -0.2) is 9.78 Å². The van der Waals surface area contributed by atoms with Crippen LogP contribution < -0.4 is 5.73 Å². The van der Waals surface area contributed by atoms with Crippen molar-refractivity contribution in [1.29, 1.82) is 5.26 Å². The number of methoxy groups -OCH3 is 1. The van der Waals surface area contributed by atoms with Gasteiger partial charge in [0, 0.05) is 24.5 Å². The van der Waals surface area contributed by atoms with Gasteiger partial charge in [0.25, 0.3) is 0 Å². The first kappa shape index (κ1) is 17.4. The van der Waals surface area contributed by atoms with Gasteiger partial charge in [-0.05, 0) is 18.2 Å². The molecule has 0 aliphatic rings. The highest BCUT2D eigenvalue weighted by Crippen LogP contribution is 2.28. The SMILES string of the molecule is COC(=O)c1c(N)c(C#N)cn1-c1ccc2c(c1)nc(-c1ccccc1)n2C. The molecule has 0 unspecified atom stereocenters. The number of nitriles is 1. The molecule has 0 saturated heterocycles. The molecular formula is C21H17N5O2. The van der Waals surface area contributed by atoms with E-state index in [0.29, 0.717) is 5.69 Å². The van der Waals surface area contributed by atoms with E-state index in [2.05, 4.69) is 0 Å². The molecule has 0 bridgehead atoms. The minimum Gasteiger partial charge on any atom is -0.464 e. The first-order chi connectivity index (χ1) is 13.5. The van der Waals surface area contributed by atoms with Gasteiger partial charge in [-0.2, -0.15) is 5.26 Å². The van der Waals surface area contributed by atoms with Crippen molar-refractivity contribution >= 4 is 22.7 Å². The number of esters is 1. The fourth-order valence-electron chi connectivity index (χ4n) is 3.30. The first-order valence-corrected chi connectivity index (χ1v) is 8.56. The highest BCUT2D eigenvalue weighted by molar-refractivity contribution is 5.96. The quantitative estimate of drug-likeness (QED) is 0.557. The summed E-state index contributed by atoms with van der Waals surface area (Å²) in [5.41, 5.74) is 9.80. The number of aromatic nitrogens is 3. The number of imidazole rings is 1. The van der Waals surface area contributed by atoms with Crippen molar-refractivity contribution in [3.05, 3.63) is 66.0 Å². The number of ether oxygens (including phenoxy) is 1. The van der Waals surface area contributed by atoms with Gasteiger partial charge in [-0.15, -0.1) is 0 Å². The van der Waals surface area contributed by atoms with Crippen LogP contribution in [0, 0.1) is 11.3 Å². The van der Waals surface area contributed by atoms with Crippen molar-refractivity contribution in [2.24, 2.45) is 7.05 Å². The van der Waals surface area contributed by atoms with Crippen LogP contribution in [0.1, 0.15) is 16.1 Å². The van der Waals surface area contributed by atoms with Crippen LogP contribution in [0.5, 0.6) is 0 Å². The molecule has 4 rings (SSSR count). The minimum atomic E-state index is -0.606. The van der Waals surface area contributed by atoms with Crippen molar-refractivity contribution in [2.75, 3.05) is 12.8 Å². The number of carbonyl (C=O) groups excluding carboxylic acids is 1. The number of carbonyl (C=O) groups is 1. The maximum absolute atomic E-state index is 12.2. The number of benzene rings is 2. The third kappa shape index (κ3) is 2.59. The predicted molar refractivity (Wildman–Crippen MR) is 106 cm³/mol. The summed E-state index contributed by atoms with van der Waals surface area (Å²) in [6.07, 6.45) is 1.53. The number of fused-ring (bicyclic) bond motifs is 1. The zero-order valence-electron chi connectivity index (χ0n) is 15.4. The molecule has 0 fully saturated rings. The summed E-state index contributed by atoms with van der Waals surface area (Å²) in [4.78, 5) is 17.0. The maximum atomic E-state index is 12.2. The molecule has 2 N–H and O–H groups in total. The third-order valence-electron chi connectivity index (χ3n) is 4.72. The van der Waals surface area contributed by atoms with Crippen LogP contribution in [0.25, 0.3) is 28.1 Å². The zero-order valence-corrected chi connectivity index (χ0v) is 15.4. The molecule has 2 aromatic heterocycles. The number of nitrogens with two attached hydrogens (primary N) is 1. The van der Waals surface area contributed by atoms with Crippen molar-refractivity contribution < 1.29 is 9.53 Å². The molecule has 0 aliphatic heterocycles. The van der Waals surface area contributed by atoms with Crippen molar-refractivity contribution in [1.82, 2.24) is 14.1 Å². The van der Waals surface area contributed by atoms with Gasteiger partial charge in [-0.3, -0.25) is 0 Å². The number of aryl methyl sites for hydroxylation is 1. The second-order valence-electron chi connectivity index (χ2n) is 6.31. The minimum absolute atomic E-state index is 0.0976. The predicted octanol–water partition coefficient (Wildman–Crippen LogP) is 3.27. The zero-order chi connectivity index (χ0) is 19.8. The molecule has 7 heteroatoms. The molecule has 2 heterocycles. The van der Waals surface area contributed by atoms with Crippen LogP contribution in [-0.4, -0.2) is 27.2 Å². The fourth-order valence-corrected chi connectivity index (χ4v) is 3.30. The lowest BCUT2D eigenvalue weighted by Gasteiger charge is -2.08. The molecule has 4 aromatic rings. The van der Waals surface area contributed by atoms with E-state index in [1.165, 1.54) is 13.3 Å². The summed E-state index contributed by atoms with van der Waals surface area (Å²) >= 11 is 0. The van der Waals surface area contributed by atoms with Crippen molar-refractivity contribution in [3.63, 3.8) is 0 Å². The average molecular weight is 371 g/mol. The summed E-state index contributed by atoms with van der Waals surface area (Å²) in [5.74, 6) is 0.232. The lowest BCUT2D eigenvalue weighted by Crippen LogP contribution is -2.11. The van der Waals surface area contributed by atoms with Gasteiger partial charge in [0.1, 0.15) is 11.9 Å². The number of rotatable bonds is 3. The van der Waals surface area contributed by atoms with Crippen LogP contribution in [-0.2, 0) is 11.8 Å². The van der Waals surface area contributed by atoms with Crippen molar-refractivity contribution in [3.8, 4) is 23.1 Å². The fraction of sp³-hybridized carbons (Fsp3) is 0.0952. The van der Waals surface area contributed by atoms with Gasteiger partial charge < -0.3 is 19.6 Å². The summed E-state index contributed by atoms with van der Waals surface area (Å²) in [6, 6.07) is 17.5. The van der Waals surface area contributed by atoms with Gasteiger partial charge >= 0.3 is 5.97 Å². The number of hydrogen-bond acceptors (Lipinski definition) is 5. The van der Waals surface area contributed by atoms with E-state index in [-0.39, 0.29) is 16.9 Å². The number of anilines is 1. The Bertz CT molecular complexity index is 1250. The smallest absolute Gasteiger partial charge is 0.357 e. The Hall–Kier alpha value is -4.05. The van der Waals surface area contributed by atoms with E-state index in [1.807, 2.05) is 66.2 Å². The molecule has 2 aromatic carbocycles. The van der Waals surface area contributed by atoms with E-state index in [1.54, 1.807) is 4.57 Å². The second kappa shape index (κ2) is 6.59. The molecular weight excluding hydrogens is 354 g/mol. The van der Waals surface area contributed by atoms with Crippen molar-refractivity contribution in [2.45, 2.75) is 0 Å². The maximum Gasteiger partial charge on any atom is 0.357 e. The summed E-state index contributed by atoms with van der Waals surface area (Å²) < 4.78 is 8.42. The van der Waals surface area contributed by atoms with Gasteiger partial charge in [-0.1, -0.05) is 30.3 Å². The molecule has 0 aliphatic carbocycles. The number of nitrogens with zero attached hydrogens (tertiary/aromatic N) is 4. The summed E-state index contributed by atoms with van der Waals surface area (Å²) in [7, 11) is 3.23. The van der Waals surface area contributed by atoms with Gasteiger partial charge in [0.2, 0.25) is 0 Å². The third-order valence-corrected chi connectivity index (χ3v) is 4.72. The standard InChI is InChI=1S/C21H17N5O2/c1-25-17-9-8-15(10-16(17)24-20(25)13-6-4-3-5-7-13)26-12-14(11-22)18(23)19(26)21(27)28-2/h3-10,12H,23H2,1-2H3. The highest BCUT2D eigenvalue weighted by atomic mass is 16.5. The van der Waals surface area contributed by atoms with Gasteiger partial charge in [0.05, 0.1) is 29.4 Å². The van der Waals surface area contributed by atoms with Crippen LogP contribution in [0.2, 0.25) is 0 Å². The lowest BCUT2D eigenvalue weighted by molar-refractivity contribution is 0.0593. The molecule has 28 heavy (non-hydrogen) atoms. The van der Waals surface area contributed by atoms with E-state index in [4.69, 9.17) is 15.5 Å². The monoisotopic (exact) mass is 371 g/mol.